The zero-order valence-corrected chi connectivity index (χ0v) is 20.8. The molecule has 0 aromatic heterocycles. The predicted molar refractivity (Wildman–Crippen MR) is 141 cm³/mol. The number of benzene rings is 3. The van der Waals surface area contributed by atoms with Crippen molar-refractivity contribution in [2.24, 2.45) is 0 Å². The standard InChI is InChI=1S/C28H26N2O5S/c1-3-34-24-15-21(12-13-23(24)35-18-20-9-5-4-6-10-20)16-25-27(32)30(28(33)36-25)17-26(31)29-22-11-7-8-19(2)14-22/h4-16H,3,17-18H2,1-2H3,(H,29,31)/b25-16+. The lowest BCUT2D eigenvalue weighted by molar-refractivity contribution is -0.127. The summed E-state index contributed by atoms with van der Waals surface area (Å²) < 4.78 is 11.7. The zero-order valence-electron chi connectivity index (χ0n) is 20.0. The van der Waals surface area contributed by atoms with Crippen molar-refractivity contribution in [2.75, 3.05) is 18.5 Å². The molecule has 0 aliphatic carbocycles. The number of anilines is 1. The second kappa shape index (κ2) is 11.6. The summed E-state index contributed by atoms with van der Waals surface area (Å²) in [7, 11) is 0. The lowest BCUT2D eigenvalue weighted by Gasteiger charge is -2.13. The van der Waals surface area contributed by atoms with E-state index in [0.29, 0.717) is 36.0 Å². The van der Waals surface area contributed by atoms with Crippen molar-refractivity contribution < 1.29 is 23.9 Å². The molecular formula is C28H26N2O5S. The van der Waals surface area contributed by atoms with E-state index in [0.717, 1.165) is 27.8 Å². The fourth-order valence-corrected chi connectivity index (χ4v) is 4.43. The number of thioether (sulfide) groups is 1. The van der Waals surface area contributed by atoms with Crippen LogP contribution in [0.15, 0.2) is 77.7 Å². The average Bonchev–Trinajstić information content (AvgIpc) is 3.11. The average molecular weight is 503 g/mol. The van der Waals surface area contributed by atoms with Crippen LogP contribution in [0.1, 0.15) is 23.6 Å². The molecule has 0 unspecified atom stereocenters. The molecular weight excluding hydrogens is 476 g/mol. The fraction of sp³-hybridized carbons (Fsp3) is 0.179. The van der Waals surface area contributed by atoms with Crippen LogP contribution in [0.2, 0.25) is 0 Å². The number of nitrogens with one attached hydrogen (secondary N) is 1. The van der Waals surface area contributed by atoms with Gasteiger partial charge in [-0.3, -0.25) is 19.3 Å². The van der Waals surface area contributed by atoms with Gasteiger partial charge in [-0.25, -0.2) is 0 Å². The van der Waals surface area contributed by atoms with Crippen molar-refractivity contribution in [2.45, 2.75) is 20.5 Å². The Balaban J connectivity index is 1.44. The van der Waals surface area contributed by atoms with E-state index < -0.39 is 17.1 Å². The van der Waals surface area contributed by atoms with Gasteiger partial charge in [0.25, 0.3) is 11.1 Å². The predicted octanol–water partition coefficient (Wildman–Crippen LogP) is 5.65. The monoisotopic (exact) mass is 502 g/mol. The van der Waals surface area contributed by atoms with Gasteiger partial charge in [0.1, 0.15) is 13.2 Å². The van der Waals surface area contributed by atoms with Crippen molar-refractivity contribution in [3.05, 3.63) is 94.4 Å². The van der Waals surface area contributed by atoms with Gasteiger partial charge in [-0.2, -0.15) is 0 Å². The van der Waals surface area contributed by atoms with Gasteiger partial charge >= 0.3 is 0 Å². The molecule has 1 aliphatic heterocycles. The summed E-state index contributed by atoms with van der Waals surface area (Å²) in [4.78, 5) is 39.0. The third kappa shape index (κ3) is 6.34. The zero-order chi connectivity index (χ0) is 25.5. The minimum atomic E-state index is -0.508. The van der Waals surface area contributed by atoms with Crippen LogP contribution in [0.25, 0.3) is 6.08 Å². The second-order valence-electron chi connectivity index (χ2n) is 8.10. The molecule has 0 saturated carbocycles. The van der Waals surface area contributed by atoms with Crippen molar-refractivity contribution in [1.29, 1.82) is 0 Å². The van der Waals surface area contributed by atoms with Gasteiger partial charge in [0.05, 0.1) is 11.5 Å². The molecule has 3 amide bonds. The Kier molecular flexibility index (Phi) is 8.07. The summed E-state index contributed by atoms with van der Waals surface area (Å²) in [5.41, 5.74) is 3.31. The Morgan fingerprint density at radius 3 is 2.53 bits per heavy atom. The van der Waals surface area contributed by atoms with Gasteiger partial charge in [-0.05, 0) is 72.6 Å². The van der Waals surface area contributed by atoms with Gasteiger partial charge < -0.3 is 14.8 Å². The number of ether oxygens (including phenoxy) is 2. The summed E-state index contributed by atoms with van der Waals surface area (Å²) in [6, 6.07) is 22.4. The first-order valence-electron chi connectivity index (χ1n) is 11.5. The number of aryl methyl sites for hydroxylation is 1. The molecule has 1 heterocycles. The van der Waals surface area contributed by atoms with Crippen molar-refractivity contribution in [3.8, 4) is 11.5 Å². The highest BCUT2D eigenvalue weighted by molar-refractivity contribution is 8.18. The highest BCUT2D eigenvalue weighted by Crippen LogP contribution is 2.35. The Morgan fingerprint density at radius 2 is 1.78 bits per heavy atom. The van der Waals surface area contributed by atoms with Crippen LogP contribution in [-0.4, -0.2) is 35.1 Å². The van der Waals surface area contributed by atoms with Crippen LogP contribution >= 0.6 is 11.8 Å². The number of carbonyl (C=O) groups excluding carboxylic acids is 3. The van der Waals surface area contributed by atoms with E-state index >= 15 is 0 Å². The van der Waals surface area contributed by atoms with Crippen LogP contribution in [0.4, 0.5) is 10.5 Å². The van der Waals surface area contributed by atoms with Crippen molar-refractivity contribution in [3.63, 3.8) is 0 Å². The number of nitrogens with zero attached hydrogens (tertiary/aromatic N) is 1. The van der Waals surface area contributed by atoms with Gasteiger partial charge in [-0.15, -0.1) is 0 Å². The molecule has 1 aliphatic rings. The van der Waals surface area contributed by atoms with E-state index in [4.69, 9.17) is 9.47 Å². The Labute approximate surface area is 214 Å². The first-order chi connectivity index (χ1) is 17.4. The molecule has 3 aromatic carbocycles. The SMILES string of the molecule is CCOc1cc(/C=C2/SC(=O)N(CC(=O)Nc3cccc(C)c3)C2=O)ccc1OCc1ccccc1. The first-order valence-corrected chi connectivity index (χ1v) is 12.3. The quantitative estimate of drug-likeness (QED) is 0.381. The molecule has 0 atom stereocenters. The summed E-state index contributed by atoms with van der Waals surface area (Å²) in [5.74, 6) is 0.173. The minimum absolute atomic E-state index is 0.240. The molecule has 0 spiro atoms. The molecule has 184 valence electrons. The molecule has 36 heavy (non-hydrogen) atoms. The van der Waals surface area contributed by atoms with Crippen LogP contribution in [0.3, 0.4) is 0 Å². The minimum Gasteiger partial charge on any atom is -0.490 e. The smallest absolute Gasteiger partial charge is 0.294 e. The van der Waals surface area contributed by atoms with Crippen LogP contribution in [-0.2, 0) is 16.2 Å². The van der Waals surface area contributed by atoms with Crippen molar-refractivity contribution >= 4 is 40.6 Å². The lowest BCUT2D eigenvalue weighted by atomic mass is 10.1. The Morgan fingerprint density at radius 1 is 0.972 bits per heavy atom. The molecule has 0 radical (unpaired) electrons. The lowest BCUT2D eigenvalue weighted by Crippen LogP contribution is -2.36. The normalized spacial score (nSPS) is 14.3. The maximum atomic E-state index is 12.9. The molecule has 8 heteroatoms. The first kappa shape index (κ1) is 25.1. The largest absolute Gasteiger partial charge is 0.490 e. The van der Waals surface area contributed by atoms with Gasteiger partial charge in [0.2, 0.25) is 5.91 Å². The van der Waals surface area contributed by atoms with Gasteiger partial charge in [0, 0.05) is 5.69 Å². The van der Waals surface area contributed by atoms with E-state index in [1.807, 2.05) is 62.4 Å². The summed E-state index contributed by atoms with van der Waals surface area (Å²) in [6.07, 6.45) is 1.62. The van der Waals surface area contributed by atoms with E-state index in [1.165, 1.54) is 0 Å². The molecule has 3 aromatic rings. The molecule has 0 bridgehead atoms. The van der Waals surface area contributed by atoms with E-state index in [-0.39, 0.29) is 11.4 Å². The van der Waals surface area contributed by atoms with E-state index in [1.54, 1.807) is 30.3 Å². The van der Waals surface area contributed by atoms with Crippen LogP contribution in [0, 0.1) is 6.92 Å². The Hall–Kier alpha value is -4.04. The molecule has 1 fully saturated rings. The molecule has 1 N–H and O–H groups in total. The number of carbonyl (C=O) groups is 3. The van der Waals surface area contributed by atoms with Gasteiger partial charge in [0.15, 0.2) is 11.5 Å². The molecule has 7 nitrogen and oxygen atoms in total. The number of imide groups is 1. The van der Waals surface area contributed by atoms with E-state index in [2.05, 4.69) is 5.32 Å². The summed E-state index contributed by atoms with van der Waals surface area (Å²) in [5, 5.41) is 2.24. The maximum absolute atomic E-state index is 12.9. The summed E-state index contributed by atoms with van der Waals surface area (Å²) >= 11 is 0.805. The van der Waals surface area contributed by atoms with E-state index in [9.17, 15) is 14.4 Å². The van der Waals surface area contributed by atoms with Crippen LogP contribution < -0.4 is 14.8 Å². The number of amides is 3. The number of rotatable bonds is 9. The van der Waals surface area contributed by atoms with Crippen molar-refractivity contribution in [1.82, 2.24) is 4.90 Å². The third-order valence-electron chi connectivity index (χ3n) is 5.28. The second-order valence-corrected chi connectivity index (χ2v) is 9.09. The summed E-state index contributed by atoms with van der Waals surface area (Å²) in [6.45, 7) is 4.27. The third-order valence-corrected chi connectivity index (χ3v) is 6.19. The number of hydrogen-bond donors (Lipinski definition) is 1. The fourth-order valence-electron chi connectivity index (χ4n) is 3.59. The maximum Gasteiger partial charge on any atom is 0.294 e. The Bertz CT molecular complexity index is 1310. The highest BCUT2D eigenvalue weighted by atomic mass is 32.2. The molecule has 4 rings (SSSR count). The number of hydrogen-bond acceptors (Lipinski definition) is 6. The highest BCUT2D eigenvalue weighted by Gasteiger charge is 2.36. The molecule has 1 saturated heterocycles. The van der Waals surface area contributed by atoms with Crippen LogP contribution in [0.5, 0.6) is 11.5 Å². The van der Waals surface area contributed by atoms with Gasteiger partial charge in [-0.1, -0.05) is 48.5 Å². The topological polar surface area (TPSA) is 84.9 Å².